The summed E-state index contributed by atoms with van der Waals surface area (Å²) in [5, 5.41) is 6.86. The minimum Gasteiger partial charge on any atom is -0.456 e. The van der Waals surface area contributed by atoms with Gasteiger partial charge in [0.05, 0.1) is 0 Å². The van der Waals surface area contributed by atoms with Gasteiger partial charge in [-0.15, -0.1) is 11.3 Å². The molecule has 0 saturated carbocycles. The number of fused-ring (bicyclic) bond motifs is 7. The number of hydrogen-bond acceptors (Lipinski definition) is 5. The van der Waals surface area contributed by atoms with Gasteiger partial charge in [0.1, 0.15) is 11.2 Å². The lowest BCUT2D eigenvalue weighted by molar-refractivity contribution is 0.669. The van der Waals surface area contributed by atoms with Crippen LogP contribution in [0.5, 0.6) is 0 Å². The maximum atomic E-state index is 6.34. The highest BCUT2D eigenvalue weighted by Gasteiger charge is 2.19. The van der Waals surface area contributed by atoms with Crippen molar-refractivity contribution in [2.24, 2.45) is 0 Å². The van der Waals surface area contributed by atoms with Gasteiger partial charge in [-0.3, -0.25) is 0 Å². The fourth-order valence-electron chi connectivity index (χ4n) is 8.61. The van der Waals surface area contributed by atoms with Crippen molar-refractivity contribution in [2.75, 3.05) is 0 Å². The first-order chi connectivity index (χ1) is 29.7. The number of benzene rings is 9. The normalized spacial score (nSPS) is 11.7. The molecule has 4 nitrogen and oxygen atoms in total. The average molecular weight is 784 g/mol. The second kappa shape index (κ2) is 14.0. The molecule has 12 aromatic rings. The van der Waals surface area contributed by atoms with Gasteiger partial charge in [0.25, 0.3) is 0 Å². The minimum atomic E-state index is 0.582. The summed E-state index contributed by atoms with van der Waals surface area (Å²) in [5.41, 5.74) is 11.4. The molecule has 280 valence electrons. The number of para-hydroxylation sites is 1. The van der Waals surface area contributed by atoms with Crippen LogP contribution in [0.1, 0.15) is 0 Å². The maximum Gasteiger partial charge on any atom is 0.164 e. The van der Waals surface area contributed by atoms with Gasteiger partial charge in [-0.25, -0.2) is 15.0 Å². The SMILES string of the molecule is c1ccc(-c2ccc(-c3nc(-c4ccc5c(c4)oc4ccccc45)nc(-c4cc(-c5cccc6c5sc5c(-c7ccccc7)cccc56)cc5ccccc45)n3)cc2)cc1. The first-order valence-electron chi connectivity index (χ1n) is 20.1. The first-order valence-corrected chi connectivity index (χ1v) is 20.9. The predicted molar refractivity (Wildman–Crippen MR) is 250 cm³/mol. The average Bonchev–Trinajstić information content (AvgIpc) is 3.90. The molecule has 0 unspecified atom stereocenters. The Morgan fingerprint density at radius 1 is 0.300 bits per heavy atom. The summed E-state index contributed by atoms with van der Waals surface area (Å²) >= 11 is 1.86. The van der Waals surface area contributed by atoms with E-state index in [0.717, 1.165) is 66.1 Å². The lowest BCUT2D eigenvalue weighted by Gasteiger charge is -2.13. The van der Waals surface area contributed by atoms with Crippen LogP contribution in [0.15, 0.2) is 205 Å². The van der Waals surface area contributed by atoms with Crippen LogP contribution in [-0.2, 0) is 0 Å². The van der Waals surface area contributed by atoms with Crippen LogP contribution in [0.25, 0.3) is 120 Å². The van der Waals surface area contributed by atoms with Crippen LogP contribution in [0.4, 0.5) is 0 Å². The quantitative estimate of drug-likeness (QED) is 0.169. The van der Waals surface area contributed by atoms with E-state index in [9.17, 15) is 0 Å². The first kappa shape index (κ1) is 34.3. The molecule has 12 rings (SSSR count). The van der Waals surface area contributed by atoms with E-state index in [0.29, 0.717) is 17.5 Å². The monoisotopic (exact) mass is 783 g/mol. The summed E-state index contributed by atoms with van der Waals surface area (Å²) in [5.74, 6) is 1.80. The van der Waals surface area contributed by atoms with E-state index in [1.165, 1.54) is 36.9 Å². The third kappa shape index (κ3) is 5.78. The van der Waals surface area contributed by atoms with Gasteiger partial charge in [-0.05, 0) is 74.5 Å². The Balaban J connectivity index is 1.06. The van der Waals surface area contributed by atoms with Crippen LogP contribution < -0.4 is 0 Å². The van der Waals surface area contributed by atoms with E-state index in [2.05, 4.69) is 176 Å². The van der Waals surface area contributed by atoms with E-state index in [1.807, 2.05) is 35.6 Å². The maximum absolute atomic E-state index is 6.34. The Hall–Kier alpha value is -7.73. The van der Waals surface area contributed by atoms with Crippen molar-refractivity contribution >= 4 is 64.2 Å². The fraction of sp³-hybridized carbons (Fsp3) is 0. The molecule has 0 amide bonds. The van der Waals surface area contributed by atoms with Crippen LogP contribution in [0.2, 0.25) is 0 Å². The van der Waals surface area contributed by atoms with E-state index in [1.54, 1.807) is 0 Å². The van der Waals surface area contributed by atoms with Crippen LogP contribution in [0, 0.1) is 0 Å². The van der Waals surface area contributed by atoms with Crippen molar-refractivity contribution in [3.05, 3.63) is 200 Å². The van der Waals surface area contributed by atoms with Gasteiger partial charge in [0.2, 0.25) is 0 Å². The molecule has 3 aromatic heterocycles. The lowest BCUT2D eigenvalue weighted by atomic mass is 9.95. The molecule has 0 aliphatic rings. The Bertz CT molecular complexity index is 3590. The molecular weight excluding hydrogens is 751 g/mol. The van der Waals surface area contributed by atoms with Crippen molar-refractivity contribution in [1.29, 1.82) is 0 Å². The van der Waals surface area contributed by atoms with Crippen molar-refractivity contribution in [3.63, 3.8) is 0 Å². The van der Waals surface area contributed by atoms with Gasteiger partial charge < -0.3 is 4.42 Å². The summed E-state index contributed by atoms with van der Waals surface area (Å²) < 4.78 is 8.89. The van der Waals surface area contributed by atoms with Crippen LogP contribution in [0.3, 0.4) is 0 Å². The van der Waals surface area contributed by atoms with E-state index < -0.39 is 0 Å². The number of rotatable bonds is 6. The molecule has 60 heavy (non-hydrogen) atoms. The summed E-state index contributed by atoms with van der Waals surface area (Å²) in [4.78, 5) is 15.7. The van der Waals surface area contributed by atoms with Gasteiger partial charge in [0.15, 0.2) is 17.5 Å². The zero-order valence-electron chi connectivity index (χ0n) is 32.2. The number of aromatic nitrogens is 3. The third-order valence-corrected chi connectivity index (χ3v) is 12.8. The summed E-state index contributed by atoms with van der Waals surface area (Å²) in [6, 6.07) is 70.4. The number of nitrogens with zero attached hydrogens (tertiary/aromatic N) is 3. The highest BCUT2D eigenvalue weighted by molar-refractivity contribution is 7.26. The molecule has 9 aromatic carbocycles. The Labute approximate surface area is 349 Å². The minimum absolute atomic E-state index is 0.582. The summed E-state index contributed by atoms with van der Waals surface area (Å²) in [6.07, 6.45) is 0. The molecule has 0 N–H and O–H groups in total. The molecule has 0 saturated heterocycles. The van der Waals surface area contributed by atoms with Crippen LogP contribution >= 0.6 is 11.3 Å². The molecule has 0 radical (unpaired) electrons. The van der Waals surface area contributed by atoms with Gasteiger partial charge in [0, 0.05) is 47.6 Å². The number of hydrogen-bond donors (Lipinski definition) is 0. The molecular formula is C55H33N3OS. The third-order valence-electron chi connectivity index (χ3n) is 11.5. The smallest absolute Gasteiger partial charge is 0.164 e. The van der Waals surface area contributed by atoms with Crippen molar-refractivity contribution < 1.29 is 4.42 Å². The zero-order valence-corrected chi connectivity index (χ0v) is 33.0. The molecule has 0 bridgehead atoms. The van der Waals surface area contributed by atoms with E-state index in [-0.39, 0.29) is 0 Å². The fourth-order valence-corrected chi connectivity index (χ4v) is 9.98. The van der Waals surface area contributed by atoms with Crippen molar-refractivity contribution in [1.82, 2.24) is 15.0 Å². The van der Waals surface area contributed by atoms with Gasteiger partial charge >= 0.3 is 0 Å². The molecule has 0 atom stereocenters. The van der Waals surface area contributed by atoms with Crippen LogP contribution in [-0.4, -0.2) is 15.0 Å². The van der Waals surface area contributed by atoms with Gasteiger partial charge in [-0.2, -0.15) is 0 Å². The standard InChI is InChI=1S/C55H33N3OS/c1-3-13-34(14-4-1)35-25-27-37(28-26-35)53-56-54(39-29-30-45-44-19-9-10-24-49(44)59-50(45)33-39)58-55(57-53)48-32-40(31-38-17-7-8-18-41(38)48)43-21-12-23-47-46-22-11-20-42(51(46)60-52(43)47)36-15-5-2-6-16-36/h1-33H. The predicted octanol–water partition coefficient (Wildman–Crippen LogP) is 15.3. The molecule has 0 aliphatic carbocycles. The summed E-state index contributed by atoms with van der Waals surface area (Å²) in [7, 11) is 0. The van der Waals surface area contributed by atoms with Crippen molar-refractivity contribution in [3.8, 4) is 67.5 Å². The molecule has 3 heterocycles. The van der Waals surface area contributed by atoms with E-state index in [4.69, 9.17) is 19.4 Å². The van der Waals surface area contributed by atoms with Gasteiger partial charge in [-0.1, -0.05) is 170 Å². The summed E-state index contributed by atoms with van der Waals surface area (Å²) in [6.45, 7) is 0. The molecule has 0 aliphatic heterocycles. The Morgan fingerprint density at radius 3 is 1.58 bits per heavy atom. The Kier molecular flexibility index (Phi) is 8.00. The zero-order chi connectivity index (χ0) is 39.6. The topological polar surface area (TPSA) is 51.8 Å². The molecule has 0 fully saturated rings. The number of thiophene rings is 1. The van der Waals surface area contributed by atoms with E-state index >= 15 is 0 Å². The van der Waals surface area contributed by atoms with Crippen molar-refractivity contribution in [2.45, 2.75) is 0 Å². The Morgan fingerprint density at radius 2 is 0.833 bits per heavy atom. The highest BCUT2D eigenvalue weighted by Crippen LogP contribution is 2.45. The number of furan rings is 1. The molecule has 5 heteroatoms. The second-order valence-corrected chi connectivity index (χ2v) is 16.2. The lowest BCUT2D eigenvalue weighted by Crippen LogP contribution is -2.01. The molecule has 0 spiro atoms. The second-order valence-electron chi connectivity index (χ2n) is 15.1. The largest absolute Gasteiger partial charge is 0.456 e. The highest BCUT2D eigenvalue weighted by atomic mass is 32.1.